The van der Waals surface area contributed by atoms with E-state index in [1.54, 1.807) is 12.1 Å². The van der Waals surface area contributed by atoms with Crippen LogP contribution in [0.2, 0.25) is 0 Å². The van der Waals surface area contributed by atoms with Crippen LogP contribution in [0.5, 0.6) is 0 Å². The lowest BCUT2D eigenvalue weighted by Crippen LogP contribution is -2.43. The number of carbonyl (C=O) groups excluding carboxylic acids is 1. The molecule has 1 aromatic carbocycles. The molecule has 0 radical (unpaired) electrons. The lowest BCUT2D eigenvalue weighted by Gasteiger charge is -2.24. The van der Waals surface area contributed by atoms with Crippen LogP contribution in [0.15, 0.2) is 24.3 Å². The number of benzene rings is 1. The summed E-state index contributed by atoms with van der Waals surface area (Å²) >= 11 is 0. The predicted molar refractivity (Wildman–Crippen MR) is 95.1 cm³/mol. The highest BCUT2D eigenvalue weighted by molar-refractivity contribution is 5.74. The van der Waals surface area contributed by atoms with Crippen LogP contribution in [0.1, 0.15) is 24.8 Å². The van der Waals surface area contributed by atoms with Gasteiger partial charge in [-0.15, -0.1) is 0 Å². The normalized spacial score (nSPS) is 22.0. The molecule has 2 amide bonds. The zero-order valence-electron chi connectivity index (χ0n) is 14.8. The van der Waals surface area contributed by atoms with E-state index in [9.17, 15) is 9.18 Å². The fraction of sp³-hybridized carbons (Fsp3) is 0.632. The van der Waals surface area contributed by atoms with Gasteiger partial charge in [0.05, 0.1) is 6.10 Å². The summed E-state index contributed by atoms with van der Waals surface area (Å²) in [5.74, 6) is -0.232. The highest BCUT2D eigenvalue weighted by Crippen LogP contribution is 2.14. The van der Waals surface area contributed by atoms with Crippen LogP contribution in [0.3, 0.4) is 0 Å². The second-order valence-electron chi connectivity index (χ2n) is 6.88. The molecule has 138 valence electrons. The Morgan fingerprint density at radius 3 is 2.76 bits per heavy atom. The number of hydrogen-bond donors (Lipinski definition) is 1. The Morgan fingerprint density at radius 2 is 2.00 bits per heavy atom. The standard InChI is InChI=1S/C19H28FN3O2/c20-17-6-4-16(5-7-17)8-9-21-19(24)23-11-2-10-22(12-13-23)15-18-3-1-14-25-18/h4-7,18H,1-3,8-15H2,(H,21,24). The molecule has 0 bridgehead atoms. The predicted octanol–water partition coefficient (Wildman–Crippen LogP) is 2.26. The molecule has 2 fully saturated rings. The molecule has 0 spiro atoms. The first-order valence-electron chi connectivity index (χ1n) is 9.32. The molecule has 2 heterocycles. The van der Waals surface area contributed by atoms with Gasteiger partial charge in [0.2, 0.25) is 0 Å². The second kappa shape index (κ2) is 9.15. The molecule has 1 N–H and O–H groups in total. The second-order valence-corrected chi connectivity index (χ2v) is 6.88. The molecule has 1 aromatic rings. The van der Waals surface area contributed by atoms with Crippen LogP contribution in [-0.4, -0.2) is 67.8 Å². The summed E-state index contributed by atoms with van der Waals surface area (Å²) in [6, 6.07) is 6.43. The van der Waals surface area contributed by atoms with Gasteiger partial charge in [0, 0.05) is 39.3 Å². The van der Waals surface area contributed by atoms with E-state index in [1.165, 1.54) is 18.6 Å². The van der Waals surface area contributed by atoms with Crippen LogP contribution in [-0.2, 0) is 11.2 Å². The summed E-state index contributed by atoms with van der Waals surface area (Å²) in [5, 5.41) is 2.98. The number of carbonyl (C=O) groups is 1. The highest BCUT2D eigenvalue weighted by atomic mass is 19.1. The van der Waals surface area contributed by atoms with Crippen molar-refractivity contribution >= 4 is 6.03 Å². The molecular weight excluding hydrogens is 321 g/mol. The van der Waals surface area contributed by atoms with E-state index in [1.807, 2.05) is 4.90 Å². The number of halogens is 1. The molecule has 0 aliphatic carbocycles. The Labute approximate surface area is 149 Å². The highest BCUT2D eigenvalue weighted by Gasteiger charge is 2.23. The largest absolute Gasteiger partial charge is 0.377 e. The number of hydrogen-bond acceptors (Lipinski definition) is 3. The van der Waals surface area contributed by atoms with Crippen LogP contribution in [0.4, 0.5) is 9.18 Å². The van der Waals surface area contributed by atoms with Crippen molar-refractivity contribution in [3.05, 3.63) is 35.6 Å². The lowest BCUT2D eigenvalue weighted by atomic mass is 10.1. The summed E-state index contributed by atoms with van der Waals surface area (Å²) in [6.07, 6.45) is 4.41. The van der Waals surface area contributed by atoms with Gasteiger partial charge in [-0.3, -0.25) is 4.90 Å². The number of nitrogens with one attached hydrogen (secondary N) is 1. The van der Waals surface area contributed by atoms with Crippen molar-refractivity contribution in [2.24, 2.45) is 0 Å². The van der Waals surface area contributed by atoms with Gasteiger partial charge in [-0.1, -0.05) is 12.1 Å². The fourth-order valence-electron chi connectivity index (χ4n) is 3.51. The van der Waals surface area contributed by atoms with Crippen molar-refractivity contribution in [2.75, 3.05) is 45.9 Å². The van der Waals surface area contributed by atoms with Crippen LogP contribution in [0, 0.1) is 5.82 Å². The van der Waals surface area contributed by atoms with E-state index < -0.39 is 0 Å². The van der Waals surface area contributed by atoms with Gasteiger partial charge in [0.25, 0.3) is 0 Å². The van der Waals surface area contributed by atoms with Gasteiger partial charge in [0.1, 0.15) is 5.82 Å². The Hall–Kier alpha value is -1.66. The van der Waals surface area contributed by atoms with Crippen LogP contribution in [0.25, 0.3) is 0 Å². The number of ether oxygens (including phenoxy) is 1. The monoisotopic (exact) mass is 349 g/mol. The minimum absolute atomic E-state index is 0.000998. The van der Waals surface area contributed by atoms with Crippen molar-refractivity contribution in [3.63, 3.8) is 0 Å². The Morgan fingerprint density at radius 1 is 1.16 bits per heavy atom. The smallest absolute Gasteiger partial charge is 0.317 e. The molecule has 0 saturated carbocycles. The molecule has 3 rings (SSSR count). The molecule has 1 atom stereocenters. The van der Waals surface area contributed by atoms with Gasteiger partial charge in [0.15, 0.2) is 0 Å². The van der Waals surface area contributed by atoms with E-state index in [-0.39, 0.29) is 11.8 Å². The molecule has 2 aliphatic heterocycles. The number of rotatable bonds is 5. The summed E-state index contributed by atoms with van der Waals surface area (Å²) in [7, 11) is 0. The van der Waals surface area contributed by atoms with Gasteiger partial charge in [-0.05, 0) is 49.9 Å². The Balaban J connectivity index is 1.37. The van der Waals surface area contributed by atoms with E-state index in [2.05, 4.69) is 10.2 Å². The average molecular weight is 349 g/mol. The Bertz CT molecular complexity index is 546. The van der Waals surface area contributed by atoms with E-state index in [4.69, 9.17) is 4.74 Å². The van der Waals surface area contributed by atoms with E-state index in [0.717, 1.165) is 57.7 Å². The zero-order valence-corrected chi connectivity index (χ0v) is 14.8. The van der Waals surface area contributed by atoms with Gasteiger partial charge < -0.3 is 15.0 Å². The first-order chi connectivity index (χ1) is 12.2. The summed E-state index contributed by atoms with van der Waals surface area (Å²) in [4.78, 5) is 16.7. The molecule has 1 unspecified atom stereocenters. The third-order valence-electron chi connectivity index (χ3n) is 4.96. The van der Waals surface area contributed by atoms with Crippen molar-refractivity contribution in [3.8, 4) is 0 Å². The van der Waals surface area contributed by atoms with E-state index in [0.29, 0.717) is 19.1 Å². The van der Waals surface area contributed by atoms with Crippen molar-refractivity contribution in [1.82, 2.24) is 15.1 Å². The fourth-order valence-corrected chi connectivity index (χ4v) is 3.51. The maximum atomic E-state index is 12.9. The van der Waals surface area contributed by atoms with Crippen LogP contribution < -0.4 is 5.32 Å². The Kier molecular flexibility index (Phi) is 6.64. The minimum Gasteiger partial charge on any atom is -0.377 e. The molecular formula is C19H28FN3O2. The molecule has 2 saturated heterocycles. The van der Waals surface area contributed by atoms with Gasteiger partial charge >= 0.3 is 6.03 Å². The third-order valence-corrected chi connectivity index (χ3v) is 4.96. The number of amides is 2. The maximum absolute atomic E-state index is 12.9. The minimum atomic E-state index is -0.232. The van der Waals surface area contributed by atoms with Crippen molar-refractivity contribution in [2.45, 2.75) is 31.8 Å². The molecule has 5 nitrogen and oxygen atoms in total. The number of nitrogens with zero attached hydrogens (tertiary/aromatic N) is 2. The third kappa shape index (κ3) is 5.68. The topological polar surface area (TPSA) is 44.8 Å². The van der Waals surface area contributed by atoms with E-state index >= 15 is 0 Å². The van der Waals surface area contributed by atoms with Gasteiger partial charge in [-0.2, -0.15) is 0 Å². The number of urea groups is 1. The molecule has 0 aromatic heterocycles. The lowest BCUT2D eigenvalue weighted by molar-refractivity contribution is 0.0746. The summed E-state index contributed by atoms with van der Waals surface area (Å²) in [5.41, 5.74) is 1.03. The van der Waals surface area contributed by atoms with Crippen LogP contribution >= 0.6 is 0 Å². The SMILES string of the molecule is O=C(NCCc1ccc(F)cc1)N1CCCN(CC2CCCO2)CC1. The first-order valence-corrected chi connectivity index (χ1v) is 9.32. The molecule has 6 heteroatoms. The maximum Gasteiger partial charge on any atom is 0.317 e. The van der Waals surface area contributed by atoms with Crippen molar-refractivity contribution < 1.29 is 13.9 Å². The first kappa shape index (κ1) is 18.1. The summed E-state index contributed by atoms with van der Waals surface area (Å²) in [6.45, 7) is 5.94. The van der Waals surface area contributed by atoms with Crippen molar-refractivity contribution in [1.29, 1.82) is 0 Å². The quantitative estimate of drug-likeness (QED) is 0.887. The zero-order chi connectivity index (χ0) is 17.5. The molecule has 25 heavy (non-hydrogen) atoms. The summed E-state index contributed by atoms with van der Waals surface area (Å²) < 4.78 is 18.6. The molecule has 2 aliphatic rings. The average Bonchev–Trinajstić information content (AvgIpc) is 3.01. The van der Waals surface area contributed by atoms with Gasteiger partial charge in [-0.25, -0.2) is 9.18 Å².